The molecule has 0 spiro atoms. The van der Waals surface area contributed by atoms with Crippen LogP contribution in [0.2, 0.25) is 0 Å². The number of nitrogens with zero attached hydrogens (tertiary/aromatic N) is 1. The van der Waals surface area contributed by atoms with Crippen molar-refractivity contribution in [1.82, 2.24) is 10.2 Å². The molecule has 0 radical (unpaired) electrons. The molecule has 6 nitrogen and oxygen atoms in total. The van der Waals surface area contributed by atoms with E-state index >= 15 is 0 Å². The third-order valence-corrected chi connectivity index (χ3v) is 5.09. The maximum Gasteiger partial charge on any atom is 0.355 e. The molecule has 24 heavy (non-hydrogen) atoms. The number of carbonyl (C=O) groups excluding carboxylic acids is 3. The minimum absolute atomic E-state index is 0.160. The summed E-state index contributed by atoms with van der Waals surface area (Å²) in [5.41, 5.74) is 1.15. The van der Waals surface area contributed by atoms with E-state index in [0.29, 0.717) is 12.2 Å². The van der Waals surface area contributed by atoms with Crippen molar-refractivity contribution in [1.29, 1.82) is 0 Å². The van der Waals surface area contributed by atoms with Gasteiger partial charge in [0.1, 0.15) is 23.7 Å². The fourth-order valence-corrected chi connectivity index (χ4v) is 3.80. The van der Waals surface area contributed by atoms with Crippen LogP contribution < -0.4 is 5.32 Å². The van der Waals surface area contributed by atoms with Crippen LogP contribution in [0.4, 0.5) is 0 Å². The second-order valence-corrected chi connectivity index (χ2v) is 6.63. The van der Waals surface area contributed by atoms with Crippen LogP contribution in [0.1, 0.15) is 18.9 Å². The van der Waals surface area contributed by atoms with Crippen molar-refractivity contribution in [2.75, 3.05) is 5.75 Å². The molecule has 2 aliphatic rings. The van der Waals surface area contributed by atoms with Crippen molar-refractivity contribution in [3.63, 3.8) is 0 Å². The Hall–Kier alpha value is -2.28. The maximum absolute atomic E-state index is 12.3. The third-order valence-electron chi connectivity index (χ3n) is 3.91. The Balaban J connectivity index is 1.62. The molecule has 1 fully saturated rings. The van der Waals surface area contributed by atoms with Gasteiger partial charge in [-0.3, -0.25) is 14.5 Å². The van der Waals surface area contributed by atoms with E-state index in [1.54, 1.807) is 13.0 Å². The maximum atomic E-state index is 12.3. The van der Waals surface area contributed by atoms with Gasteiger partial charge in [-0.25, -0.2) is 4.79 Å². The lowest BCUT2D eigenvalue weighted by atomic mass is 10.0. The van der Waals surface area contributed by atoms with Crippen molar-refractivity contribution < 1.29 is 19.1 Å². The molecule has 1 saturated heterocycles. The number of β-lactam (4-membered cyclic amide) rings is 1. The molecule has 3 rings (SSSR count). The quantitative estimate of drug-likeness (QED) is 0.645. The van der Waals surface area contributed by atoms with Gasteiger partial charge in [0.05, 0.1) is 0 Å². The highest BCUT2D eigenvalue weighted by Gasteiger charge is 2.52. The summed E-state index contributed by atoms with van der Waals surface area (Å²) in [7, 11) is 0. The van der Waals surface area contributed by atoms with Crippen molar-refractivity contribution in [3.8, 4) is 0 Å². The van der Waals surface area contributed by atoms with Crippen molar-refractivity contribution in [2.24, 2.45) is 0 Å². The number of carbonyl (C=O) groups is 3. The van der Waals surface area contributed by atoms with Crippen LogP contribution in [0.15, 0.2) is 42.1 Å². The fraction of sp³-hybridized carbons (Fsp3) is 0.353. The molecule has 1 unspecified atom stereocenters. The van der Waals surface area contributed by atoms with Crippen LogP contribution >= 0.6 is 11.8 Å². The van der Waals surface area contributed by atoms with E-state index in [9.17, 15) is 14.4 Å². The number of thioether (sulfide) groups is 1. The first kappa shape index (κ1) is 16.6. The topological polar surface area (TPSA) is 75.7 Å². The number of hydrogen-bond acceptors (Lipinski definition) is 5. The van der Waals surface area contributed by atoms with Gasteiger partial charge in [-0.15, -0.1) is 11.8 Å². The molecular formula is C17H18N2O4S. The fourth-order valence-electron chi connectivity index (χ4n) is 2.60. The summed E-state index contributed by atoms with van der Waals surface area (Å²) in [6.45, 7) is 1.89. The van der Waals surface area contributed by atoms with E-state index in [-0.39, 0.29) is 29.5 Å². The first-order chi connectivity index (χ1) is 11.6. The number of fused-ring (bicyclic) bond motifs is 1. The molecular weight excluding hydrogens is 328 g/mol. The van der Waals surface area contributed by atoms with Gasteiger partial charge in [-0.1, -0.05) is 37.3 Å². The summed E-state index contributed by atoms with van der Waals surface area (Å²) < 4.78 is 5.31. The van der Waals surface area contributed by atoms with Crippen molar-refractivity contribution in [3.05, 3.63) is 47.7 Å². The van der Waals surface area contributed by atoms with E-state index in [0.717, 1.165) is 5.56 Å². The Morgan fingerprint density at radius 3 is 2.79 bits per heavy atom. The smallest absolute Gasteiger partial charge is 0.355 e. The number of hydrogen-bond donors (Lipinski definition) is 1. The van der Waals surface area contributed by atoms with Crippen molar-refractivity contribution >= 4 is 29.5 Å². The lowest BCUT2D eigenvalue weighted by Crippen LogP contribution is -2.70. The summed E-state index contributed by atoms with van der Waals surface area (Å²) in [5, 5.41) is 2.46. The Kier molecular flexibility index (Phi) is 4.89. The molecule has 1 N–H and O–H groups in total. The normalized spacial score (nSPS) is 22.1. The average Bonchev–Trinajstić information content (AvgIpc) is 2.63. The highest BCUT2D eigenvalue weighted by Crippen LogP contribution is 2.37. The SMILES string of the molecule is CCC(=O)NC1C(=O)N2C(C(=O)OCc3ccccc3)=CCS[C@@H]12. The number of benzene rings is 1. The molecule has 0 aromatic heterocycles. The van der Waals surface area contributed by atoms with Crippen LogP contribution in [0, 0.1) is 0 Å². The predicted molar refractivity (Wildman–Crippen MR) is 89.6 cm³/mol. The lowest BCUT2D eigenvalue weighted by molar-refractivity contribution is -0.153. The molecule has 7 heteroatoms. The molecule has 126 valence electrons. The van der Waals surface area contributed by atoms with Crippen LogP contribution in [0.25, 0.3) is 0 Å². The molecule has 2 heterocycles. The summed E-state index contributed by atoms with van der Waals surface area (Å²) >= 11 is 1.52. The Morgan fingerprint density at radius 1 is 1.33 bits per heavy atom. The Labute approximate surface area is 144 Å². The number of ether oxygens (including phenoxy) is 1. The zero-order valence-electron chi connectivity index (χ0n) is 13.2. The van der Waals surface area contributed by atoms with Gasteiger partial charge in [-0.2, -0.15) is 0 Å². The molecule has 0 saturated carbocycles. The summed E-state index contributed by atoms with van der Waals surface area (Å²) in [5.74, 6) is -0.353. The number of esters is 1. The van der Waals surface area contributed by atoms with Crippen LogP contribution in [-0.2, 0) is 25.7 Å². The first-order valence-electron chi connectivity index (χ1n) is 7.77. The minimum atomic E-state index is -0.562. The molecule has 1 aromatic rings. The highest BCUT2D eigenvalue weighted by atomic mass is 32.2. The molecule has 2 aliphatic heterocycles. The van der Waals surface area contributed by atoms with Gasteiger partial charge in [0.2, 0.25) is 5.91 Å². The van der Waals surface area contributed by atoms with E-state index in [1.165, 1.54) is 16.7 Å². The van der Waals surface area contributed by atoms with Crippen molar-refractivity contribution in [2.45, 2.75) is 31.4 Å². The number of rotatable bonds is 5. The average molecular weight is 346 g/mol. The van der Waals surface area contributed by atoms with E-state index in [1.807, 2.05) is 30.3 Å². The summed E-state index contributed by atoms with van der Waals surface area (Å²) in [6, 6.07) is 8.80. The molecule has 2 atom stereocenters. The Bertz CT molecular complexity index is 689. The van der Waals surface area contributed by atoms with Gasteiger partial charge in [0.15, 0.2) is 0 Å². The monoisotopic (exact) mass is 346 g/mol. The van der Waals surface area contributed by atoms with E-state index in [4.69, 9.17) is 4.74 Å². The lowest BCUT2D eigenvalue weighted by Gasteiger charge is -2.48. The standard InChI is InChI=1S/C17H18N2O4S/c1-2-13(20)18-14-15(21)19-12(8-9-24-16(14)19)17(22)23-10-11-6-4-3-5-7-11/h3-8,14,16H,2,9-10H2,1H3,(H,18,20)/t14?,16-/m0/s1. The molecule has 0 bridgehead atoms. The van der Waals surface area contributed by atoms with Crippen LogP contribution in [-0.4, -0.2) is 39.9 Å². The molecule has 0 aliphatic carbocycles. The molecule has 2 amide bonds. The Morgan fingerprint density at radius 2 is 2.08 bits per heavy atom. The van der Waals surface area contributed by atoms with Gasteiger partial charge in [0, 0.05) is 12.2 Å². The van der Waals surface area contributed by atoms with E-state index in [2.05, 4.69) is 5.32 Å². The van der Waals surface area contributed by atoms with E-state index < -0.39 is 12.0 Å². The largest absolute Gasteiger partial charge is 0.456 e. The molecule has 1 aromatic carbocycles. The zero-order chi connectivity index (χ0) is 17.1. The minimum Gasteiger partial charge on any atom is -0.456 e. The zero-order valence-corrected chi connectivity index (χ0v) is 14.0. The van der Waals surface area contributed by atoms with Gasteiger partial charge in [-0.05, 0) is 11.6 Å². The van der Waals surface area contributed by atoms with Gasteiger partial charge < -0.3 is 10.1 Å². The number of amides is 2. The second kappa shape index (κ2) is 7.09. The summed E-state index contributed by atoms with van der Waals surface area (Å²) in [6.07, 6.45) is 2.02. The van der Waals surface area contributed by atoms with Crippen LogP contribution in [0.5, 0.6) is 0 Å². The number of nitrogens with one attached hydrogen (secondary N) is 1. The van der Waals surface area contributed by atoms with Gasteiger partial charge >= 0.3 is 5.97 Å². The third kappa shape index (κ3) is 3.17. The first-order valence-corrected chi connectivity index (χ1v) is 8.82. The highest BCUT2D eigenvalue weighted by molar-refractivity contribution is 8.00. The predicted octanol–water partition coefficient (Wildman–Crippen LogP) is 1.42. The summed E-state index contributed by atoms with van der Waals surface area (Å²) in [4.78, 5) is 37.5. The van der Waals surface area contributed by atoms with Gasteiger partial charge in [0.25, 0.3) is 5.91 Å². The van der Waals surface area contributed by atoms with Crippen LogP contribution in [0.3, 0.4) is 0 Å². The second-order valence-electron chi connectivity index (χ2n) is 5.48.